The Morgan fingerprint density at radius 2 is 2.27 bits per heavy atom. The van der Waals surface area contributed by atoms with Crippen LogP contribution in [0.5, 0.6) is 0 Å². The van der Waals surface area contributed by atoms with E-state index in [9.17, 15) is 13.2 Å². The maximum absolute atomic E-state index is 11.2. The average Bonchev–Trinajstić information content (AvgIpc) is 1.99. The van der Waals surface area contributed by atoms with Gasteiger partial charge in [0.05, 0.1) is 0 Å². The third-order valence-corrected chi connectivity index (χ3v) is 2.40. The van der Waals surface area contributed by atoms with Gasteiger partial charge in [-0.25, -0.2) is 13.4 Å². The fourth-order valence-electron chi connectivity index (χ4n) is 0.890. The smallest absolute Gasteiger partial charge is 0.240 e. The van der Waals surface area contributed by atoms with Crippen LogP contribution in [0.25, 0.3) is 0 Å². The highest BCUT2D eigenvalue weighted by Gasteiger charge is 2.11. The van der Waals surface area contributed by atoms with Crippen LogP contribution in [0.3, 0.4) is 0 Å². The van der Waals surface area contributed by atoms with Crippen LogP contribution < -0.4 is 5.32 Å². The van der Waals surface area contributed by atoms with E-state index in [0.29, 0.717) is 5.02 Å². The molecule has 15 heavy (non-hydrogen) atoms. The molecular formula is C8H9ClN2O3S. The van der Waals surface area contributed by atoms with Gasteiger partial charge in [-0.1, -0.05) is 11.6 Å². The number of sulfone groups is 1. The summed E-state index contributed by atoms with van der Waals surface area (Å²) in [5.74, 6) is -0.968. The Bertz CT molecular complexity index is 473. The molecule has 1 heterocycles. The molecule has 5 nitrogen and oxygen atoms in total. The minimum Gasteiger partial charge on any atom is -0.310 e. The standard InChI is InChI=1S/C8H9ClN2O3S/c1-15(13,14)5-8(12)11-7-4-6(9)2-3-10-7/h2-4H,5H2,1H3,(H,10,11,12). The van der Waals surface area contributed by atoms with Gasteiger partial charge in [-0.2, -0.15) is 0 Å². The van der Waals surface area contributed by atoms with Crippen molar-refractivity contribution in [3.8, 4) is 0 Å². The van der Waals surface area contributed by atoms with Gasteiger partial charge >= 0.3 is 0 Å². The van der Waals surface area contributed by atoms with Gasteiger partial charge in [-0.15, -0.1) is 0 Å². The number of amides is 1. The maximum atomic E-state index is 11.2. The Labute approximate surface area is 92.4 Å². The Kier molecular flexibility index (Phi) is 3.65. The molecule has 0 fully saturated rings. The van der Waals surface area contributed by atoms with Crippen molar-refractivity contribution >= 4 is 33.2 Å². The van der Waals surface area contributed by atoms with Gasteiger partial charge in [0, 0.05) is 17.5 Å². The third kappa shape index (κ3) is 4.75. The van der Waals surface area contributed by atoms with Gasteiger partial charge in [0.25, 0.3) is 0 Å². The zero-order chi connectivity index (χ0) is 11.5. The van der Waals surface area contributed by atoms with Gasteiger partial charge in [-0.3, -0.25) is 4.79 Å². The second-order valence-electron chi connectivity index (χ2n) is 2.98. The number of carbonyl (C=O) groups excluding carboxylic acids is 1. The SMILES string of the molecule is CS(=O)(=O)CC(=O)Nc1cc(Cl)ccn1. The lowest BCUT2D eigenvalue weighted by molar-refractivity contribution is -0.113. The van der Waals surface area contributed by atoms with E-state index >= 15 is 0 Å². The van der Waals surface area contributed by atoms with E-state index in [-0.39, 0.29) is 5.82 Å². The molecule has 0 saturated carbocycles. The molecule has 82 valence electrons. The van der Waals surface area contributed by atoms with Crippen molar-refractivity contribution in [2.24, 2.45) is 0 Å². The Morgan fingerprint density at radius 1 is 1.60 bits per heavy atom. The summed E-state index contributed by atoms with van der Waals surface area (Å²) in [6.45, 7) is 0. The summed E-state index contributed by atoms with van der Waals surface area (Å²) in [6, 6.07) is 2.98. The van der Waals surface area contributed by atoms with Gasteiger partial charge < -0.3 is 5.32 Å². The minimum atomic E-state index is -3.33. The summed E-state index contributed by atoms with van der Waals surface area (Å²) in [4.78, 5) is 15.0. The van der Waals surface area contributed by atoms with Crippen LogP contribution in [0.1, 0.15) is 0 Å². The van der Waals surface area contributed by atoms with Crippen molar-refractivity contribution in [3.63, 3.8) is 0 Å². The van der Waals surface area contributed by atoms with Gasteiger partial charge in [0.2, 0.25) is 5.91 Å². The van der Waals surface area contributed by atoms with Crippen molar-refractivity contribution in [2.45, 2.75) is 0 Å². The molecule has 1 N–H and O–H groups in total. The molecule has 0 aromatic carbocycles. The highest BCUT2D eigenvalue weighted by molar-refractivity contribution is 7.91. The first-order valence-electron chi connectivity index (χ1n) is 3.96. The van der Waals surface area contributed by atoms with Crippen molar-refractivity contribution in [3.05, 3.63) is 23.4 Å². The predicted octanol–water partition coefficient (Wildman–Crippen LogP) is 0.718. The average molecular weight is 249 g/mol. The number of hydrogen-bond donors (Lipinski definition) is 1. The second-order valence-corrected chi connectivity index (χ2v) is 5.55. The molecule has 0 aliphatic carbocycles. The zero-order valence-corrected chi connectivity index (χ0v) is 9.47. The van der Waals surface area contributed by atoms with E-state index in [0.717, 1.165) is 6.26 Å². The highest BCUT2D eigenvalue weighted by atomic mass is 35.5. The predicted molar refractivity (Wildman–Crippen MR) is 57.6 cm³/mol. The van der Waals surface area contributed by atoms with Crippen LogP contribution in [0.4, 0.5) is 5.82 Å². The first kappa shape index (κ1) is 11.9. The van der Waals surface area contributed by atoms with Gasteiger partial charge in [0.15, 0.2) is 9.84 Å². The largest absolute Gasteiger partial charge is 0.310 e. The van der Waals surface area contributed by atoms with Crippen LogP contribution in [0.2, 0.25) is 5.02 Å². The summed E-state index contributed by atoms with van der Waals surface area (Å²) in [6.07, 6.45) is 2.40. The summed E-state index contributed by atoms with van der Waals surface area (Å²) >= 11 is 5.65. The van der Waals surface area contributed by atoms with Crippen LogP contribution >= 0.6 is 11.6 Å². The molecule has 0 radical (unpaired) electrons. The third-order valence-electron chi connectivity index (χ3n) is 1.38. The van der Waals surface area contributed by atoms with Crippen LogP contribution in [0.15, 0.2) is 18.3 Å². The summed E-state index contributed by atoms with van der Waals surface area (Å²) in [5, 5.41) is 2.74. The lowest BCUT2D eigenvalue weighted by Crippen LogP contribution is -2.22. The number of rotatable bonds is 3. The number of halogens is 1. The van der Waals surface area contributed by atoms with Crippen LogP contribution in [-0.2, 0) is 14.6 Å². The molecule has 7 heteroatoms. The van der Waals surface area contributed by atoms with E-state index < -0.39 is 21.5 Å². The van der Waals surface area contributed by atoms with Crippen molar-refractivity contribution in [1.82, 2.24) is 4.98 Å². The number of pyridine rings is 1. The first-order chi connectivity index (χ1) is 6.87. The molecular weight excluding hydrogens is 240 g/mol. The lowest BCUT2D eigenvalue weighted by atomic mass is 10.4. The minimum absolute atomic E-state index is 0.233. The molecule has 0 aliphatic rings. The normalized spacial score (nSPS) is 11.1. The van der Waals surface area contributed by atoms with E-state index in [2.05, 4.69) is 10.3 Å². The van der Waals surface area contributed by atoms with E-state index in [4.69, 9.17) is 11.6 Å². The maximum Gasteiger partial charge on any atom is 0.240 e. The molecule has 1 aromatic rings. The van der Waals surface area contributed by atoms with Gasteiger partial charge in [0.1, 0.15) is 11.6 Å². The van der Waals surface area contributed by atoms with Crippen molar-refractivity contribution in [1.29, 1.82) is 0 Å². The Balaban J connectivity index is 2.67. The number of aromatic nitrogens is 1. The van der Waals surface area contributed by atoms with Crippen LogP contribution in [-0.4, -0.2) is 31.3 Å². The summed E-state index contributed by atoms with van der Waals surface area (Å²) in [5.41, 5.74) is 0. The molecule has 0 aliphatic heterocycles. The van der Waals surface area contributed by atoms with Crippen LogP contribution in [0, 0.1) is 0 Å². The van der Waals surface area contributed by atoms with E-state index in [1.54, 1.807) is 6.07 Å². The second kappa shape index (κ2) is 4.59. The molecule has 0 atom stereocenters. The summed E-state index contributed by atoms with van der Waals surface area (Å²) < 4.78 is 21.6. The monoisotopic (exact) mass is 248 g/mol. The molecule has 0 unspecified atom stereocenters. The quantitative estimate of drug-likeness (QED) is 0.855. The van der Waals surface area contributed by atoms with E-state index in [1.165, 1.54) is 12.3 Å². The number of anilines is 1. The molecule has 0 bridgehead atoms. The molecule has 0 saturated heterocycles. The molecule has 1 aromatic heterocycles. The number of nitrogens with one attached hydrogen (secondary N) is 1. The Hall–Kier alpha value is -1.14. The molecule has 1 rings (SSSR count). The Morgan fingerprint density at radius 3 is 2.80 bits per heavy atom. The lowest BCUT2D eigenvalue weighted by Gasteiger charge is -2.02. The topological polar surface area (TPSA) is 76.1 Å². The van der Waals surface area contributed by atoms with Crippen molar-refractivity contribution < 1.29 is 13.2 Å². The molecule has 1 amide bonds. The molecule has 0 spiro atoms. The van der Waals surface area contributed by atoms with Crippen molar-refractivity contribution in [2.75, 3.05) is 17.3 Å². The number of carbonyl (C=O) groups is 1. The van der Waals surface area contributed by atoms with E-state index in [1.807, 2.05) is 0 Å². The zero-order valence-electron chi connectivity index (χ0n) is 7.90. The fourth-order valence-corrected chi connectivity index (χ4v) is 1.60. The number of nitrogens with zero attached hydrogens (tertiary/aromatic N) is 1. The summed E-state index contributed by atoms with van der Waals surface area (Å²) in [7, 11) is -3.33. The first-order valence-corrected chi connectivity index (χ1v) is 6.40. The van der Waals surface area contributed by atoms with Gasteiger partial charge in [-0.05, 0) is 12.1 Å². The fraction of sp³-hybridized carbons (Fsp3) is 0.250. The number of hydrogen-bond acceptors (Lipinski definition) is 4. The highest BCUT2D eigenvalue weighted by Crippen LogP contribution is 2.11.